The number of anilines is 1. The second kappa shape index (κ2) is 8.44. The molecule has 29 heavy (non-hydrogen) atoms. The van der Waals surface area contributed by atoms with E-state index in [9.17, 15) is 14.9 Å². The fourth-order valence-corrected chi connectivity index (χ4v) is 3.31. The summed E-state index contributed by atoms with van der Waals surface area (Å²) in [4.78, 5) is 23.2. The number of hydrogen-bond acceptors (Lipinski definition) is 5. The summed E-state index contributed by atoms with van der Waals surface area (Å²) in [6.07, 6.45) is 0.424. The molecule has 1 amide bonds. The van der Waals surface area contributed by atoms with Gasteiger partial charge in [-0.15, -0.1) is 0 Å². The number of hydrogen-bond donors (Lipinski definition) is 1. The summed E-state index contributed by atoms with van der Waals surface area (Å²) in [6.45, 7) is 5.91. The van der Waals surface area contributed by atoms with Crippen LogP contribution >= 0.6 is 11.6 Å². The number of halogens is 1. The molecule has 0 aliphatic heterocycles. The molecule has 3 rings (SSSR count). The van der Waals surface area contributed by atoms with Gasteiger partial charge in [-0.25, -0.2) is 0 Å². The molecule has 0 spiro atoms. The lowest BCUT2D eigenvalue weighted by Crippen LogP contribution is -2.27. The standard InChI is InChI=1S/C19H21ClN6O3/c1-4-16(25-13(3)9-18(23-25)26(28)29)19(27)21-17-8-12(2)24(22-17)11-14-6-5-7-15(20)10-14/h5-10,16H,4,11H2,1-3H3,(H,21,22,27). The maximum atomic E-state index is 12.8. The van der Waals surface area contributed by atoms with Crippen LogP contribution in [0.5, 0.6) is 0 Å². The van der Waals surface area contributed by atoms with Crippen LogP contribution in [0.4, 0.5) is 11.6 Å². The number of carbonyl (C=O) groups is 1. The molecule has 9 nitrogen and oxygen atoms in total. The summed E-state index contributed by atoms with van der Waals surface area (Å²) < 4.78 is 3.15. The van der Waals surface area contributed by atoms with E-state index in [0.29, 0.717) is 29.5 Å². The molecule has 0 fully saturated rings. The number of aromatic nitrogens is 4. The summed E-state index contributed by atoms with van der Waals surface area (Å²) in [5.41, 5.74) is 2.41. The van der Waals surface area contributed by atoms with Crippen LogP contribution in [0.1, 0.15) is 36.3 Å². The average Bonchev–Trinajstić information content (AvgIpc) is 3.19. The summed E-state index contributed by atoms with van der Waals surface area (Å²) in [7, 11) is 0. The minimum absolute atomic E-state index is 0.282. The van der Waals surface area contributed by atoms with Crippen LogP contribution in [-0.2, 0) is 11.3 Å². The van der Waals surface area contributed by atoms with Crippen LogP contribution in [0.25, 0.3) is 0 Å². The van der Waals surface area contributed by atoms with Gasteiger partial charge >= 0.3 is 5.82 Å². The first-order chi connectivity index (χ1) is 13.8. The number of aryl methyl sites for hydroxylation is 2. The minimum atomic E-state index is -0.679. The molecule has 2 heterocycles. The van der Waals surface area contributed by atoms with Gasteiger partial charge in [-0.05, 0) is 42.9 Å². The Morgan fingerprint density at radius 1 is 1.24 bits per heavy atom. The summed E-state index contributed by atoms with van der Waals surface area (Å²) in [5.74, 6) is -0.205. The molecule has 0 saturated heterocycles. The zero-order valence-electron chi connectivity index (χ0n) is 16.3. The highest BCUT2D eigenvalue weighted by Gasteiger charge is 2.27. The lowest BCUT2D eigenvalue weighted by molar-refractivity contribution is -0.389. The lowest BCUT2D eigenvalue weighted by atomic mass is 10.2. The molecular weight excluding hydrogens is 396 g/mol. The van der Waals surface area contributed by atoms with Crippen molar-refractivity contribution in [2.24, 2.45) is 0 Å². The normalized spacial score (nSPS) is 12.0. The number of benzene rings is 1. The van der Waals surface area contributed by atoms with Gasteiger partial charge in [0.15, 0.2) is 11.9 Å². The van der Waals surface area contributed by atoms with E-state index in [2.05, 4.69) is 15.5 Å². The molecular formula is C19H21ClN6O3. The number of rotatable bonds is 7. The van der Waals surface area contributed by atoms with Gasteiger partial charge in [0.05, 0.1) is 23.4 Å². The Balaban J connectivity index is 1.77. The van der Waals surface area contributed by atoms with Crippen molar-refractivity contribution >= 4 is 29.1 Å². The number of amides is 1. The Bertz CT molecular complexity index is 1060. The van der Waals surface area contributed by atoms with E-state index in [1.165, 1.54) is 10.7 Å². The monoisotopic (exact) mass is 416 g/mol. The van der Waals surface area contributed by atoms with E-state index < -0.39 is 11.0 Å². The Kier molecular flexibility index (Phi) is 5.97. The van der Waals surface area contributed by atoms with Gasteiger partial charge in [0.1, 0.15) is 0 Å². The molecule has 1 atom stereocenters. The molecule has 0 aliphatic carbocycles. The SMILES string of the molecule is CCC(C(=O)Nc1cc(C)n(Cc2cccc(Cl)c2)n1)n1nc([N+](=O)[O-])cc1C. The second-order valence-corrected chi connectivity index (χ2v) is 7.15. The average molecular weight is 417 g/mol. The van der Waals surface area contributed by atoms with Crippen molar-refractivity contribution in [2.75, 3.05) is 5.32 Å². The van der Waals surface area contributed by atoms with Crippen LogP contribution in [0.2, 0.25) is 5.02 Å². The Morgan fingerprint density at radius 2 is 2.00 bits per heavy atom. The van der Waals surface area contributed by atoms with Gasteiger partial charge in [0.25, 0.3) is 5.91 Å². The van der Waals surface area contributed by atoms with E-state index >= 15 is 0 Å². The molecule has 0 radical (unpaired) electrons. The van der Waals surface area contributed by atoms with E-state index in [0.717, 1.165) is 11.3 Å². The van der Waals surface area contributed by atoms with Crippen molar-refractivity contribution < 1.29 is 9.72 Å². The van der Waals surface area contributed by atoms with E-state index in [1.54, 1.807) is 23.7 Å². The molecule has 1 unspecified atom stereocenters. The third-order valence-electron chi connectivity index (χ3n) is 4.54. The maximum absolute atomic E-state index is 12.8. The molecule has 0 aliphatic rings. The molecule has 10 heteroatoms. The van der Waals surface area contributed by atoms with Gasteiger partial charge in [-0.1, -0.05) is 30.7 Å². The molecule has 3 aromatic rings. The highest BCUT2D eigenvalue weighted by molar-refractivity contribution is 6.30. The van der Waals surface area contributed by atoms with Crippen molar-refractivity contribution in [3.63, 3.8) is 0 Å². The predicted molar refractivity (Wildman–Crippen MR) is 109 cm³/mol. The highest BCUT2D eigenvalue weighted by atomic mass is 35.5. The summed E-state index contributed by atoms with van der Waals surface area (Å²) >= 11 is 6.03. The molecule has 2 aromatic heterocycles. The summed E-state index contributed by atoms with van der Waals surface area (Å²) in [6, 6.07) is 9.93. The van der Waals surface area contributed by atoms with E-state index in [-0.39, 0.29) is 11.7 Å². The predicted octanol–water partition coefficient (Wildman–Crippen LogP) is 3.90. The molecule has 1 aromatic carbocycles. The van der Waals surface area contributed by atoms with E-state index in [4.69, 9.17) is 11.6 Å². The topological polar surface area (TPSA) is 108 Å². The molecule has 152 valence electrons. The Labute approximate surface area is 172 Å². The van der Waals surface area contributed by atoms with Crippen molar-refractivity contribution in [2.45, 2.75) is 39.8 Å². The van der Waals surface area contributed by atoms with Crippen molar-refractivity contribution in [1.82, 2.24) is 19.6 Å². The van der Waals surface area contributed by atoms with Gasteiger partial charge in [0, 0.05) is 16.8 Å². The first-order valence-electron chi connectivity index (χ1n) is 9.08. The van der Waals surface area contributed by atoms with Gasteiger partial charge < -0.3 is 15.4 Å². The van der Waals surface area contributed by atoms with E-state index in [1.807, 2.05) is 32.0 Å². The Hall–Kier alpha value is -3.20. The third kappa shape index (κ3) is 4.62. The van der Waals surface area contributed by atoms with Gasteiger partial charge in [0.2, 0.25) is 0 Å². The summed E-state index contributed by atoms with van der Waals surface area (Å²) in [5, 5.41) is 22.8. The molecule has 1 N–H and O–H groups in total. The zero-order valence-corrected chi connectivity index (χ0v) is 17.1. The first kappa shape index (κ1) is 20.5. The number of nitrogens with one attached hydrogen (secondary N) is 1. The number of nitro groups is 1. The minimum Gasteiger partial charge on any atom is -0.358 e. The van der Waals surface area contributed by atoms with Crippen molar-refractivity contribution in [3.05, 3.63) is 68.5 Å². The quantitative estimate of drug-likeness (QED) is 0.464. The van der Waals surface area contributed by atoms with Crippen LogP contribution in [0, 0.1) is 24.0 Å². The maximum Gasteiger partial charge on any atom is 0.390 e. The highest BCUT2D eigenvalue weighted by Crippen LogP contribution is 2.21. The van der Waals surface area contributed by atoms with Gasteiger partial charge in [-0.3, -0.25) is 9.48 Å². The second-order valence-electron chi connectivity index (χ2n) is 6.72. The van der Waals surface area contributed by atoms with Gasteiger partial charge in [-0.2, -0.15) is 9.78 Å². The largest absolute Gasteiger partial charge is 0.390 e. The zero-order chi connectivity index (χ0) is 21.1. The fourth-order valence-electron chi connectivity index (χ4n) is 3.09. The third-order valence-corrected chi connectivity index (χ3v) is 4.77. The smallest absolute Gasteiger partial charge is 0.358 e. The molecule has 0 saturated carbocycles. The van der Waals surface area contributed by atoms with Crippen molar-refractivity contribution in [1.29, 1.82) is 0 Å². The Morgan fingerprint density at radius 3 is 2.62 bits per heavy atom. The fraction of sp³-hybridized carbons (Fsp3) is 0.316. The number of carbonyl (C=O) groups excluding carboxylic acids is 1. The molecule has 0 bridgehead atoms. The van der Waals surface area contributed by atoms with Crippen LogP contribution in [0.15, 0.2) is 36.4 Å². The lowest BCUT2D eigenvalue weighted by Gasteiger charge is -2.13. The first-order valence-corrected chi connectivity index (χ1v) is 9.46. The van der Waals surface area contributed by atoms with Crippen LogP contribution in [-0.4, -0.2) is 30.4 Å². The van der Waals surface area contributed by atoms with Crippen molar-refractivity contribution in [3.8, 4) is 0 Å². The van der Waals surface area contributed by atoms with Crippen LogP contribution in [0.3, 0.4) is 0 Å². The van der Waals surface area contributed by atoms with Crippen LogP contribution < -0.4 is 5.32 Å². The number of nitrogens with zero attached hydrogens (tertiary/aromatic N) is 5.